The molecule has 1 atom stereocenters. The van der Waals surface area contributed by atoms with Gasteiger partial charge in [0.05, 0.1) is 6.26 Å². The third kappa shape index (κ3) is 4.82. The Labute approximate surface area is 156 Å². The van der Waals surface area contributed by atoms with Crippen molar-refractivity contribution in [2.75, 3.05) is 5.32 Å². The summed E-state index contributed by atoms with van der Waals surface area (Å²) in [6.45, 7) is 1.77. The lowest BCUT2D eigenvalue weighted by Gasteiger charge is -2.19. The Hall–Kier alpha value is -3.41. The summed E-state index contributed by atoms with van der Waals surface area (Å²) in [6.07, 6.45) is 1.67. The lowest BCUT2D eigenvalue weighted by Crippen LogP contribution is -2.45. The van der Waals surface area contributed by atoms with Crippen LogP contribution in [0, 0.1) is 12.7 Å². The minimum atomic E-state index is -0.854. The van der Waals surface area contributed by atoms with Crippen LogP contribution < -0.4 is 10.6 Å². The van der Waals surface area contributed by atoms with E-state index in [2.05, 4.69) is 10.6 Å². The van der Waals surface area contributed by atoms with E-state index in [0.717, 1.165) is 11.1 Å². The van der Waals surface area contributed by atoms with Gasteiger partial charge in [-0.15, -0.1) is 0 Å². The topological polar surface area (TPSA) is 71.3 Å². The molecule has 1 heterocycles. The van der Waals surface area contributed by atoms with Gasteiger partial charge in [0, 0.05) is 12.1 Å². The Kier molecular flexibility index (Phi) is 5.66. The van der Waals surface area contributed by atoms with E-state index in [1.54, 1.807) is 19.1 Å². The van der Waals surface area contributed by atoms with Crippen LogP contribution in [0.2, 0.25) is 0 Å². The molecule has 0 fully saturated rings. The maximum atomic E-state index is 13.5. The molecule has 0 saturated carbocycles. The molecule has 2 aromatic carbocycles. The highest BCUT2D eigenvalue weighted by molar-refractivity contribution is 6.00. The van der Waals surface area contributed by atoms with Crippen molar-refractivity contribution in [1.82, 2.24) is 5.32 Å². The number of furan rings is 1. The molecule has 0 radical (unpaired) electrons. The summed E-state index contributed by atoms with van der Waals surface area (Å²) in [6, 6.07) is 15.7. The number of rotatable bonds is 6. The first kappa shape index (κ1) is 18.4. The second-order valence-electron chi connectivity index (χ2n) is 6.14. The number of anilines is 1. The first-order valence-corrected chi connectivity index (χ1v) is 8.48. The van der Waals surface area contributed by atoms with Gasteiger partial charge in [-0.2, -0.15) is 0 Å². The minimum absolute atomic E-state index is 0.114. The van der Waals surface area contributed by atoms with Crippen LogP contribution >= 0.6 is 0 Å². The smallest absolute Gasteiger partial charge is 0.287 e. The maximum absolute atomic E-state index is 13.5. The van der Waals surface area contributed by atoms with Gasteiger partial charge in [0.2, 0.25) is 5.91 Å². The zero-order valence-electron chi connectivity index (χ0n) is 14.7. The summed E-state index contributed by atoms with van der Waals surface area (Å²) in [7, 11) is 0. The number of hydrogen-bond acceptors (Lipinski definition) is 3. The van der Waals surface area contributed by atoms with Gasteiger partial charge in [-0.3, -0.25) is 9.59 Å². The highest BCUT2D eigenvalue weighted by Gasteiger charge is 2.23. The van der Waals surface area contributed by atoms with E-state index in [0.29, 0.717) is 5.69 Å². The maximum Gasteiger partial charge on any atom is 0.287 e. The van der Waals surface area contributed by atoms with Gasteiger partial charge in [0.15, 0.2) is 5.76 Å². The highest BCUT2D eigenvalue weighted by Crippen LogP contribution is 2.17. The molecule has 0 saturated heterocycles. The molecule has 0 aliphatic carbocycles. The van der Waals surface area contributed by atoms with Crippen molar-refractivity contribution in [2.45, 2.75) is 19.4 Å². The summed E-state index contributed by atoms with van der Waals surface area (Å²) in [5.41, 5.74) is 1.97. The second kappa shape index (κ2) is 8.31. The molecule has 0 aliphatic heterocycles. The van der Waals surface area contributed by atoms with Crippen molar-refractivity contribution in [2.24, 2.45) is 0 Å². The molecule has 0 aliphatic rings. The van der Waals surface area contributed by atoms with Crippen molar-refractivity contribution in [1.29, 1.82) is 0 Å². The first-order valence-electron chi connectivity index (χ1n) is 8.48. The molecule has 1 aromatic heterocycles. The Morgan fingerprint density at radius 2 is 1.85 bits per heavy atom. The molecule has 1 unspecified atom stereocenters. The number of nitrogens with one attached hydrogen (secondary N) is 2. The summed E-state index contributed by atoms with van der Waals surface area (Å²) in [5, 5.41) is 5.38. The largest absolute Gasteiger partial charge is 0.459 e. The summed E-state index contributed by atoms with van der Waals surface area (Å²) in [4.78, 5) is 25.1. The number of hydrogen-bond donors (Lipinski definition) is 2. The fraction of sp³-hybridized carbons (Fsp3) is 0.143. The molecule has 2 N–H and O–H groups in total. The standard InChI is InChI=1S/C21H19FN2O3/c1-14-9-10-16(22)13-17(14)23-20(25)18(12-15-6-3-2-4-7-15)24-21(26)19-8-5-11-27-19/h2-11,13,18H,12H2,1H3,(H,23,25)(H,24,26). The number of halogens is 1. The molecule has 0 spiro atoms. The van der Waals surface area contributed by atoms with Crippen LogP contribution in [0.5, 0.6) is 0 Å². The van der Waals surface area contributed by atoms with Crippen LogP contribution in [0.1, 0.15) is 21.7 Å². The molecule has 6 heteroatoms. The lowest BCUT2D eigenvalue weighted by molar-refractivity contribution is -0.118. The predicted molar refractivity (Wildman–Crippen MR) is 99.9 cm³/mol. The lowest BCUT2D eigenvalue weighted by atomic mass is 10.0. The van der Waals surface area contributed by atoms with E-state index in [1.807, 2.05) is 30.3 Å². The SMILES string of the molecule is Cc1ccc(F)cc1NC(=O)C(Cc1ccccc1)NC(=O)c1ccco1. The van der Waals surface area contributed by atoms with E-state index in [9.17, 15) is 14.0 Å². The van der Waals surface area contributed by atoms with Crippen molar-refractivity contribution in [3.05, 3.63) is 89.6 Å². The monoisotopic (exact) mass is 366 g/mol. The molecule has 2 amide bonds. The number of benzene rings is 2. The van der Waals surface area contributed by atoms with Gasteiger partial charge in [0.25, 0.3) is 5.91 Å². The Balaban J connectivity index is 1.80. The van der Waals surface area contributed by atoms with Crippen LogP contribution in [0.3, 0.4) is 0 Å². The van der Waals surface area contributed by atoms with Gasteiger partial charge < -0.3 is 15.1 Å². The summed E-state index contributed by atoms with van der Waals surface area (Å²) in [5.74, 6) is -1.27. The molecule has 5 nitrogen and oxygen atoms in total. The molecule has 3 rings (SSSR count). The number of aryl methyl sites for hydroxylation is 1. The Morgan fingerprint density at radius 1 is 1.07 bits per heavy atom. The van der Waals surface area contributed by atoms with E-state index >= 15 is 0 Å². The minimum Gasteiger partial charge on any atom is -0.459 e. The van der Waals surface area contributed by atoms with Gasteiger partial charge in [-0.1, -0.05) is 36.4 Å². The third-order valence-electron chi connectivity index (χ3n) is 4.11. The van der Waals surface area contributed by atoms with Gasteiger partial charge >= 0.3 is 0 Å². The quantitative estimate of drug-likeness (QED) is 0.699. The van der Waals surface area contributed by atoms with Crippen molar-refractivity contribution < 1.29 is 18.4 Å². The number of amides is 2. The zero-order chi connectivity index (χ0) is 19.2. The molecule has 138 valence electrons. The normalized spacial score (nSPS) is 11.6. The summed E-state index contributed by atoms with van der Waals surface area (Å²) < 4.78 is 18.6. The van der Waals surface area contributed by atoms with E-state index in [-0.39, 0.29) is 12.2 Å². The fourth-order valence-corrected chi connectivity index (χ4v) is 2.64. The van der Waals surface area contributed by atoms with Crippen LogP contribution in [-0.2, 0) is 11.2 Å². The third-order valence-corrected chi connectivity index (χ3v) is 4.11. The average molecular weight is 366 g/mol. The van der Waals surface area contributed by atoms with Crippen LogP contribution in [0.25, 0.3) is 0 Å². The van der Waals surface area contributed by atoms with Crippen LogP contribution in [0.4, 0.5) is 10.1 Å². The van der Waals surface area contributed by atoms with Crippen molar-refractivity contribution >= 4 is 17.5 Å². The van der Waals surface area contributed by atoms with Gasteiger partial charge in [0.1, 0.15) is 11.9 Å². The van der Waals surface area contributed by atoms with E-state index in [1.165, 1.54) is 24.5 Å². The van der Waals surface area contributed by atoms with Crippen LogP contribution in [-0.4, -0.2) is 17.9 Å². The molecule has 0 bridgehead atoms. The van der Waals surface area contributed by atoms with Crippen molar-refractivity contribution in [3.8, 4) is 0 Å². The van der Waals surface area contributed by atoms with Gasteiger partial charge in [-0.05, 0) is 42.3 Å². The molecule has 3 aromatic rings. The van der Waals surface area contributed by atoms with Gasteiger partial charge in [-0.25, -0.2) is 4.39 Å². The summed E-state index contributed by atoms with van der Waals surface area (Å²) >= 11 is 0. The number of carbonyl (C=O) groups is 2. The van der Waals surface area contributed by atoms with E-state index < -0.39 is 23.7 Å². The van der Waals surface area contributed by atoms with E-state index in [4.69, 9.17) is 4.42 Å². The molecular formula is C21H19FN2O3. The predicted octanol–water partition coefficient (Wildman–Crippen LogP) is 3.71. The first-order chi connectivity index (χ1) is 13.0. The number of carbonyl (C=O) groups excluding carboxylic acids is 2. The Bertz CT molecular complexity index is 924. The Morgan fingerprint density at radius 3 is 2.56 bits per heavy atom. The second-order valence-corrected chi connectivity index (χ2v) is 6.14. The van der Waals surface area contributed by atoms with Crippen molar-refractivity contribution in [3.63, 3.8) is 0 Å². The molecule has 27 heavy (non-hydrogen) atoms. The van der Waals surface area contributed by atoms with Crippen LogP contribution in [0.15, 0.2) is 71.3 Å². The average Bonchev–Trinajstić information content (AvgIpc) is 3.20. The zero-order valence-corrected chi connectivity index (χ0v) is 14.7. The molecular weight excluding hydrogens is 347 g/mol. The highest BCUT2D eigenvalue weighted by atomic mass is 19.1. The fourth-order valence-electron chi connectivity index (χ4n) is 2.64.